The van der Waals surface area contributed by atoms with Gasteiger partial charge in [-0.2, -0.15) is 0 Å². The molecule has 0 amide bonds. The number of benzene rings is 1. The Labute approximate surface area is 111 Å². The molecule has 0 fully saturated rings. The zero-order valence-electron chi connectivity index (χ0n) is 10.4. The molecule has 0 saturated heterocycles. The molecule has 0 N–H and O–H groups in total. The highest BCUT2D eigenvalue weighted by molar-refractivity contribution is 7.99. The average molecular weight is 258 g/mol. The summed E-state index contributed by atoms with van der Waals surface area (Å²) in [5.41, 5.74) is 1.67. The molecule has 18 heavy (non-hydrogen) atoms. The summed E-state index contributed by atoms with van der Waals surface area (Å²) in [6.45, 7) is 3.79. The van der Waals surface area contributed by atoms with Crippen LogP contribution in [0.4, 0.5) is 0 Å². The minimum Gasteiger partial charge on any atom is -0.294 e. The molecular weight excluding hydrogens is 244 g/mol. The molecular formula is C14H14N2OS. The number of aryl methyl sites for hydroxylation is 1. The van der Waals surface area contributed by atoms with E-state index in [-0.39, 0.29) is 5.78 Å². The van der Waals surface area contributed by atoms with Gasteiger partial charge in [-0.05, 0) is 30.8 Å². The normalized spacial score (nSPS) is 10.3. The van der Waals surface area contributed by atoms with Crippen molar-refractivity contribution in [2.24, 2.45) is 0 Å². The van der Waals surface area contributed by atoms with E-state index in [1.165, 1.54) is 11.8 Å². The van der Waals surface area contributed by atoms with Crippen LogP contribution < -0.4 is 0 Å². The Morgan fingerprint density at radius 3 is 2.78 bits per heavy atom. The van der Waals surface area contributed by atoms with Gasteiger partial charge in [0, 0.05) is 28.8 Å². The molecule has 0 spiro atoms. The Morgan fingerprint density at radius 1 is 1.28 bits per heavy atom. The van der Waals surface area contributed by atoms with Gasteiger partial charge in [0.25, 0.3) is 0 Å². The van der Waals surface area contributed by atoms with Crippen molar-refractivity contribution in [3.05, 3.63) is 47.8 Å². The van der Waals surface area contributed by atoms with Crippen LogP contribution in [-0.4, -0.2) is 15.8 Å². The van der Waals surface area contributed by atoms with Gasteiger partial charge in [0.15, 0.2) is 10.9 Å². The van der Waals surface area contributed by atoms with E-state index in [0.717, 1.165) is 16.2 Å². The van der Waals surface area contributed by atoms with E-state index in [1.54, 1.807) is 6.20 Å². The first-order valence-electron chi connectivity index (χ1n) is 5.80. The SMILES string of the molecule is CCC(=O)c1ccccc1Sc1nccc(C)n1. The highest BCUT2D eigenvalue weighted by atomic mass is 32.2. The number of hydrogen-bond donors (Lipinski definition) is 0. The Bertz CT molecular complexity index is 569. The predicted molar refractivity (Wildman–Crippen MR) is 72.0 cm³/mol. The van der Waals surface area contributed by atoms with Gasteiger partial charge in [-0.25, -0.2) is 9.97 Å². The molecule has 1 aromatic carbocycles. The summed E-state index contributed by atoms with van der Waals surface area (Å²) in [4.78, 5) is 21.3. The van der Waals surface area contributed by atoms with E-state index in [4.69, 9.17) is 0 Å². The second-order valence-electron chi connectivity index (χ2n) is 3.86. The zero-order valence-corrected chi connectivity index (χ0v) is 11.2. The first-order chi connectivity index (χ1) is 8.70. The zero-order chi connectivity index (χ0) is 13.0. The molecule has 0 saturated carbocycles. The molecule has 2 aromatic rings. The summed E-state index contributed by atoms with van der Waals surface area (Å²) < 4.78 is 0. The number of ketones is 1. The highest BCUT2D eigenvalue weighted by Gasteiger charge is 2.11. The Kier molecular flexibility index (Phi) is 4.10. The molecule has 0 bridgehead atoms. The lowest BCUT2D eigenvalue weighted by Gasteiger charge is -2.06. The fourth-order valence-electron chi connectivity index (χ4n) is 1.55. The van der Waals surface area contributed by atoms with E-state index < -0.39 is 0 Å². The number of Topliss-reactive ketones (excluding diaryl/α,β-unsaturated/α-hetero) is 1. The van der Waals surface area contributed by atoms with Crippen molar-refractivity contribution in [1.82, 2.24) is 9.97 Å². The van der Waals surface area contributed by atoms with Crippen LogP contribution in [0.1, 0.15) is 29.4 Å². The van der Waals surface area contributed by atoms with Crippen molar-refractivity contribution in [2.45, 2.75) is 30.3 Å². The molecule has 1 heterocycles. The van der Waals surface area contributed by atoms with Gasteiger partial charge >= 0.3 is 0 Å². The maximum absolute atomic E-state index is 11.8. The summed E-state index contributed by atoms with van der Waals surface area (Å²) in [5, 5.41) is 0.673. The molecule has 2 rings (SSSR count). The predicted octanol–water partition coefficient (Wildman–Crippen LogP) is 3.53. The van der Waals surface area contributed by atoms with Gasteiger partial charge < -0.3 is 0 Å². The average Bonchev–Trinajstić information content (AvgIpc) is 2.38. The van der Waals surface area contributed by atoms with E-state index in [0.29, 0.717) is 11.6 Å². The molecule has 0 aliphatic rings. The molecule has 0 aliphatic heterocycles. The van der Waals surface area contributed by atoms with E-state index >= 15 is 0 Å². The van der Waals surface area contributed by atoms with Crippen molar-refractivity contribution in [3.63, 3.8) is 0 Å². The third-order valence-corrected chi connectivity index (χ3v) is 3.44. The number of hydrogen-bond acceptors (Lipinski definition) is 4. The van der Waals surface area contributed by atoms with Crippen LogP contribution in [0.25, 0.3) is 0 Å². The third-order valence-electron chi connectivity index (χ3n) is 2.48. The van der Waals surface area contributed by atoms with Crippen LogP contribution in [0.5, 0.6) is 0 Å². The van der Waals surface area contributed by atoms with Crippen LogP contribution >= 0.6 is 11.8 Å². The first kappa shape index (κ1) is 12.8. The lowest BCUT2D eigenvalue weighted by Crippen LogP contribution is -1.99. The molecule has 0 aliphatic carbocycles. The van der Waals surface area contributed by atoms with Gasteiger partial charge in [0.1, 0.15) is 0 Å². The Balaban J connectivity index is 2.32. The molecule has 4 heteroatoms. The fraction of sp³-hybridized carbons (Fsp3) is 0.214. The smallest absolute Gasteiger partial charge is 0.192 e. The number of rotatable bonds is 4. The van der Waals surface area contributed by atoms with Crippen LogP contribution in [-0.2, 0) is 0 Å². The minimum absolute atomic E-state index is 0.144. The third kappa shape index (κ3) is 2.96. The highest BCUT2D eigenvalue weighted by Crippen LogP contribution is 2.28. The van der Waals surface area contributed by atoms with Gasteiger partial charge in [-0.3, -0.25) is 4.79 Å². The van der Waals surface area contributed by atoms with Gasteiger partial charge in [0.2, 0.25) is 0 Å². The van der Waals surface area contributed by atoms with Crippen LogP contribution in [0.15, 0.2) is 46.6 Å². The molecule has 1 aromatic heterocycles. The Morgan fingerprint density at radius 2 is 2.06 bits per heavy atom. The number of aromatic nitrogens is 2. The molecule has 3 nitrogen and oxygen atoms in total. The summed E-state index contributed by atoms with van der Waals surface area (Å²) in [5.74, 6) is 0.144. The number of carbonyl (C=O) groups is 1. The maximum Gasteiger partial charge on any atom is 0.192 e. The molecule has 0 unspecified atom stereocenters. The van der Waals surface area contributed by atoms with Crippen LogP contribution in [0.3, 0.4) is 0 Å². The van der Waals surface area contributed by atoms with Crippen molar-refractivity contribution in [3.8, 4) is 0 Å². The van der Waals surface area contributed by atoms with Crippen molar-refractivity contribution >= 4 is 17.5 Å². The quantitative estimate of drug-likeness (QED) is 0.621. The summed E-state index contributed by atoms with van der Waals surface area (Å²) in [7, 11) is 0. The van der Waals surface area contributed by atoms with Crippen molar-refractivity contribution in [1.29, 1.82) is 0 Å². The summed E-state index contributed by atoms with van der Waals surface area (Å²) >= 11 is 1.43. The number of nitrogens with zero attached hydrogens (tertiary/aromatic N) is 2. The van der Waals surface area contributed by atoms with Crippen LogP contribution in [0.2, 0.25) is 0 Å². The van der Waals surface area contributed by atoms with Crippen molar-refractivity contribution in [2.75, 3.05) is 0 Å². The van der Waals surface area contributed by atoms with Crippen molar-refractivity contribution < 1.29 is 4.79 Å². The topological polar surface area (TPSA) is 42.9 Å². The number of carbonyl (C=O) groups excluding carboxylic acids is 1. The second kappa shape index (κ2) is 5.78. The summed E-state index contributed by atoms with van der Waals surface area (Å²) in [6, 6.07) is 9.44. The molecule has 0 radical (unpaired) electrons. The monoisotopic (exact) mass is 258 g/mol. The first-order valence-corrected chi connectivity index (χ1v) is 6.62. The standard InChI is InChI=1S/C14H14N2OS/c1-3-12(17)11-6-4-5-7-13(11)18-14-15-9-8-10(2)16-14/h4-9H,3H2,1-2H3. The van der Waals surface area contributed by atoms with E-state index in [9.17, 15) is 4.79 Å². The lowest BCUT2D eigenvalue weighted by atomic mass is 10.1. The fourth-order valence-corrected chi connectivity index (χ4v) is 2.49. The molecule has 0 atom stereocenters. The maximum atomic E-state index is 11.8. The minimum atomic E-state index is 0.144. The van der Waals surface area contributed by atoms with E-state index in [2.05, 4.69) is 9.97 Å². The van der Waals surface area contributed by atoms with Gasteiger partial charge in [-0.15, -0.1) is 0 Å². The molecule has 92 valence electrons. The van der Waals surface area contributed by atoms with Gasteiger partial charge in [-0.1, -0.05) is 25.1 Å². The van der Waals surface area contributed by atoms with E-state index in [1.807, 2.05) is 44.2 Å². The summed E-state index contributed by atoms with van der Waals surface area (Å²) in [6.07, 6.45) is 2.24. The lowest BCUT2D eigenvalue weighted by molar-refractivity contribution is 0.0985. The van der Waals surface area contributed by atoms with Gasteiger partial charge in [0.05, 0.1) is 0 Å². The van der Waals surface area contributed by atoms with Crippen LogP contribution in [0, 0.1) is 6.92 Å². The second-order valence-corrected chi connectivity index (χ2v) is 4.86. The Hall–Kier alpha value is -1.68. The largest absolute Gasteiger partial charge is 0.294 e.